The third-order valence-electron chi connectivity index (χ3n) is 7.05. The van der Waals surface area contributed by atoms with E-state index in [1.54, 1.807) is 11.3 Å². The summed E-state index contributed by atoms with van der Waals surface area (Å²) < 4.78 is 0. The van der Waals surface area contributed by atoms with Crippen LogP contribution in [0.3, 0.4) is 0 Å². The van der Waals surface area contributed by atoms with Gasteiger partial charge in [-0.15, -0.1) is 11.3 Å². The quantitative estimate of drug-likeness (QED) is 0.430. The zero-order valence-electron chi connectivity index (χ0n) is 19.1. The van der Waals surface area contributed by atoms with E-state index in [9.17, 15) is 9.59 Å². The number of rotatable bonds is 3. The molecule has 0 saturated heterocycles. The number of aromatic nitrogens is 1. The summed E-state index contributed by atoms with van der Waals surface area (Å²) in [6.07, 6.45) is 3.69. The Morgan fingerprint density at radius 3 is 2.82 bits per heavy atom. The van der Waals surface area contributed by atoms with E-state index in [1.807, 2.05) is 54.3 Å². The van der Waals surface area contributed by atoms with Crippen molar-refractivity contribution in [1.29, 1.82) is 0 Å². The van der Waals surface area contributed by atoms with E-state index in [2.05, 4.69) is 16.8 Å². The lowest BCUT2D eigenvalue weighted by Gasteiger charge is -2.28. The number of para-hydroxylation sites is 1. The second kappa shape index (κ2) is 8.37. The summed E-state index contributed by atoms with van der Waals surface area (Å²) in [5, 5.41) is 6.10. The number of pyridine rings is 1. The Hall–Kier alpha value is -3.51. The van der Waals surface area contributed by atoms with Crippen LogP contribution in [0.5, 0.6) is 0 Å². The molecule has 2 amide bonds. The Bertz CT molecular complexity index is 1460. The van der Waals surface area contributed by atoms with Crippen molar-refractivity contribution < 1.29 is 9.59 Å². The van der Waals surface area contributed by atoms with Gasteiger partial charge in [0.2, 0.25) is 0 Å². The molecule has 1 N–H and O–H groups in total. The van der Waals surface area contributed by atoms with Crippen molar-refractivity contribution in [3.8, 4) is 0 Å². The molecule has 2 aliphatic rings. The number of fused-ring (bicyclic) bond motifs is 3. The molecule has 34 heavy (non-hydrogen) atoms. The SMILES string of the molecule is Cc1c(NC(=O)c2c3c(nc4ccccc24)CCC3)cccc1C(=O)N1CCc2sccc2C1. The first-order chi connectivity index (χ1) is 16.6. The molecule has 0 spiro atoms. The molecule has 0 atom stereocenters. The smallest absolute Gasteiger partial charge is 0.256 e. The van der Waals surface area contributed by atoms with Crippen molar-refractivity contribution in [2.24, 2.45) is 0 Å². The molecule has 1 aliphatic heterocycles. The van der Waals surface area contributed by atoms with Gasteiger partial charge in [-0.1, -0.05) is 24.3 Å². The van der Waals surface area contributed by atoms with Gasteiger partial charge in [0, 0.05) is 40.3 Å². The highest BCUT2D eigenvalue weighted by atomic mass is 32.1. The maximum Gasteiger partial charge on any atom is 0.256 e. The lowest BCUT2D eigenvalue weighted by molar-refractivity contribution is 0.0735. The molecule has 3 heterocycles. The molecule has 0 unspecified atom stereocenters. The van der Waals surface area contributed by atoms with Crippen molar-refractivity contribution in [3.05, 3.63) is 92.3 Å². The van der Waals surface area contributed by atoms with Crippen LogP contribution in [0, 0.1) is 6.92 Å². The second-order valence-corrected chi connectivity index (χ2v) is 10.1. The third-order valence-corrected chi connectivity index (χ3v) is 8.08. The van der Waals surface area contributed by atoms with Gasteiger partial charge in [0.05, 0.1) is 11.1 Å². The van der Waals surface area contributed by atoms with E-state index < -0.39 is 0 Å². The highest BCUT2D eigenvalue weighted by molar-refractivity contribution is 7.10. The normalized spacial score (nSPS) is 14.7. The van der Waals surface area contributed by atoms with Crippen LogP contribution in [0.15, 0.2) is 53.9 Å². The molecule has 1 aliphatic carbocycles. The molecule has 0 radical (unpaired) electrons. The molecule has 2 aromatic carbocycles. The van der Waals surface area contributed by atoms with Crippen molar-refractivity contribution in [3.63, 3.8) is 0 Å². The molecular formula is C28H25N3O2S. The van der Waals surface area contributed by atoms with Gasteiger partial charge in [-0.3, -0.25) is 14.6 Å². The number of nitrogens with zero attached hydrogens (tertiary/aromatic N) is 2. The van der Waals surface area contributed by atoms with E-state index in [1.165, 1.54) is 10.4 Å². The highest BCUT2D eigenvalue weighted by Gasteiger charge is 2.26. The van der Waals surface area contributed by atoms with Crippen LogP contribution < -0.4 is 5.32 Å². The molecule has 2 aromatic heterocycles. The number of hydrogen-bond acceptors (Lipinski definition) is 4. The summed E-state index contributed by atoms with van der Waals surface area (Å²) in [4.78, 5) is 35.1. The largest absolute Gasteiger partial charge is 0.334 e. The monoisotopic (exact) mass is 467 g/mol. The summed E-state index contributed by atoms with van der Waals surface area (Å²) in [6.45, 7) is 3.28. The number of aryl methyl sites for hydroxylation is 1. The standard InChI is InChI=1S/C28H25N3O2S/c1-17-19(28(33)31-14-12-25-18(16-31)13-15-34-25)7-4-10-22(17)30-27(32)26-20-6-2-3-9-23(20)29-24-11-5-8-21(24)26/h2-4,6-7,9-10,13,15H,5,8,11-12,14,16H2,1H3,(H,30,32). The van der Waals surface area contributed by atoms with Crippen LogP contribution in [0.1, 0.15) is 54.4 Å². The van der Waals surface area contributed by atoms with Gasteiger partial charge in [-0.2, -0.15) is 0 Å². The van der Waals surface area contributed by atoms with Crippen LogP contribution in [0.4, 0.5) is 5.69 Å². The average molecular weight is 468 g/mol. The first-order valence-electron chi connectivity index (χ1n) is 11.8. The van der Waals surface area contributed by atoms with E-state index in [-0.39, 0.29) is 11.8 Å². The number of nitrogens with one attached hydrogen (secondary N) is 1. The molecule has 170 valence electrons. The van der Waals surface area contributed by atoms with Crippen molar-refractivity contribution in [2.75, 3.05) is 11.9 Å². The third kappa shape index (κ3) is 3.49. The summed E-state index contributed by atoms with van der Waals surface area (Å²) in [6, 6.07) is 15.5. The van der Waals surface area contributed by atoms with Crippen molar-refractivity contribution >= 4 is 39.7 Å². The maximum absolute atomic E-state index is 13.6. The summed E-state index contributed by atoms with van der Waals surface area (Å²) >= 11 is 1.76. The van der Waals surface area contributed by atoms with Gasteiger partial charge in [-0.25, -0.2) is 0 Å². The average Bonchev–Trinajstić information content (AvgIpc) is 3.52. The van der Waals surface area contributed by atoms with Crippen LogP contribution in [-0.4, -0.2) is 28.2 Å². The van der Waals surface area contributed by atoms with E-state index in [0.717, 1.165) is 65.5 Å². The maximum atomic E-state index is 13.6. The Morgan fingerprint density at radius 1 is 1.03 bits per heavy atom. The fourth-order valence-electron chi connectivity index (χ4n) is 5.25. The lowest BCUT2D eigenvalue weighted by atomic mass is 9.99. The summed E-state index contributed by atoms with van der Waals surface area (Å²) in [5.41, 5.74) is 7.01. The highest BCUT2D eigenvalue weighted by Crippen LogP contribution is 2.32. The molecule has 0 fully saturated rings. The van der Waals surface area contributed by atoms with E-state index >= 15 is 0 Å². The predicted molar refractivity (Wildman–Crippen MR) is 136 cm³/mol. The van der Waals surface area contributed by atoms with Gasteiger partial charge in [0.25, 0.3) is 11.8 Å². The van der Waals surface area contributed by atoms with Crippen LogP contribution in [0.25, 0.3) is 10.9 Å². The topological polar surface area (TPSA) is 62.3 Å². The fourth-order valence-corrected chi connectivity index (χ4v) is 6.14. The van der Waals surface area contributed by atoms with Crippen molar-refractivity contribution in [1.82, 2.24) is 9.88 Å². The molecule has 0 bridgehead atoms. The number of carbonyl (C=O) groups excluding carboxylic acids is 2. The second-order valence-electron chi connectivity index (χ2n) is 9.06. The molecule has 4 aromatic rings. The van der Waals surface area contributed by atoms with Gasteiger partial charge < -0.3 is 10.2 Å². The van der Waals surface area contributed by atoms with E-state index in [4.69, 9.17) is 4.98 Å². The van der Waals surface area contributed by atoms with Crippen LogP contribution in [-0.2, 0) is 25.8 Å². The predicted octanol–water partition coefficient (Wildman–Crippen LogP) is 5.54. The number of anilines is 1. The molecule has 6 rings (SSSR count). The Morgan fingerprint density at radius 2 is 1.91 bits per heavy atom. The first kappa shape index (κ1) is 21.1. The van der Waals surface area contributed by atoms with Gasteiger partial charge >= 0.3 is 0 Å². The summed E-state index contributed by atoms with van der Waals surface area (Å²) in [7, 11) is 0. The van der Waals surface area contributed by atoms with Gasteiger partial charge in [0.15, 0.2) is 0 Å². The minimum absolute atomic E-state index is 0.0145. The number of hydrogen-bond donors (Lipinski definition) is 1. The lowest BCUT2D eigenvalue weighted by Crippen LogP contribution is -2.35. The van der Waals surface area contributed by atoms with Gasteiger partial charge in [0.1, 0.15) is 0 Å². The first-order valence-corrected chi connectivity index (χ1v) is 12.6. The molecule has 0 saturated carbocycles. The van der Waals surface area contributed by atoms with E-state index in [0.29, 0.717) is 17.8 Å². The van der Waals surface area contributed by atoms with Crippen LogP contribution >= 0.6 is 11.3 Å². The Balaban J connectivity index is 1.32. The zero-order chi connectivity index (χ0) is 23.2. The minimum atomic E-state index is -0.134. The summed E-state index contributed by atoms with van der Waals surface area (Å²) in [5.74, 6) is -0.119. The number of amides is 2. The molecule has 6 heteroatoms. The van der Waals surface area contributed by atoms with Gasteiger partial charge in [-0.05, 0) is 78.9 Å². The Kier molecular flexibility index (Phi) is 5.18. The zero-order valence-corrected chi connectivity index (χ0v) is 19.9. The van der Waals surface area contributed by atoms with Crippen molar-refractivity contribution in [2.45, 2.75) is 39.2 Å². The molecule has 5 nitrogen and oxygen atoms in total. The molecular weight excluding hydrogens is 442 g/mol. The number of thiophene rings is 1. The number of benzene rings is 2. The Labute approximate surface area is 202 Å². The van der Waals surface area contributed by atoms with Crippen LogP contribution in [0.2, 0.25) is 0 Å². The fraction of sp³-hybridized carbons (Fsp3) is 0.250. The minimum Gasteiger partial charge on any atom is -0.334 e. The number of carbonyl (C=O) groups is 2.